The highest BCUT2D eigenvalue weighted by molar-refractivity contribution is 7.09. The molecule has 3 nitrogen and oxygen atoms in total. The Bertz CT molecular complexity index is 409. The molecule has 18 heavy (non-hydrogen) atoms. The maximum Gasteiger partial charge on any atom is 0.193 e. The Morgan fingerprint density at radius 1 is 1.61 bits per heavy atom. The summed E-state index contributed by atoms with van der Waals surface area (Å²) in [7, 11) is 3.97. The van der Waals surface area contributed by atoms with Crippen LogP contribution in [0, 0.1) is 5.41 Å². The van der Waals surface area contributed by atoms with Crippen LogP contribution >= 0.6 is 11.3 Å². The average Bonchev–Trinajstić information content (AvgIpc) is 2.77. The van der Waals surface area contributed by atoms with Crippen molar-refractivity contribution in [2.45, 2.75) is 32.7 Å². The molecular formula is C14H23N3S. The first kappa shape index (κ1) is 13.4. The number of hydrogen-bond donors (Lipinski definition) is 1. The fraction of sp³-hybridized carbons (Fsp3) is 0.643. The third-order valence-corrected chi connectivity index (χ3v) is 4.60. The quantitative estimate of drug-likeness (QED) is 0.669. The molecule has 0 aliphatic heterocycles. The van der Waals surface area contributed by atoms with Gasteiger partial charge in [0, 0.05) is 31.6 Å². The first-order valence-corrected chi connectivity index (χ1v) is 7.38. The van der Waals surface area contributed by atoms with Crippen molar-refractivity contribution in [1.29, 1.82) is 0 Å². The average molecular weight is 265 g/mol. The van der Waals surface area contributed by atoms with Crippen LogP contribution < -0.4 is 5.32 Å². The van der Waals surface area contributed by atoms with Gasteiger partial charge < -0.3 is 10.2 Å². The lowest BCUT2D eigenvalue weighted by Crippen LogP contribution is -2.42. The van der Waals surface area contributed by atoms with Crippen molar-refractivity contribution in [3.05, 3.63) is 22.4 Å². The van der Waals surface area contributed by atoms with E-state index in [-0.39, 0.29) is 0 Å². The van der Waals surface area contributed by atoms with E-state index in [1.807, 2.05) is 18.4 Å². The lowest BCUT2D eigenvalue weighted by Gasteiger charge is -2.22. The second kappa shape index (κ2) is 5.31. The van der Waals surface area contributed by atoms with E-state index in [4.69, 9.17) is 0 Å². The van der Waals surface area contributed by atoms with Gasteiger partial charge >= 0.3 is 0 Å². The first-order chi connectivity index (χ1) is 8.53. The minimum Gasteiger partial charge on any atom is -0.353 e. The number of thiophene rings is 1. The highest BCUT2D eigenvalue weighted by Gasteiger charge is 2.46. The van der Waals surface area contributed by atoms with Gasteiger partial charge in [-0.05, 0) is 29.7 Å². The van der Waals surface area contributed by atoms with E-state index in [9.17, 15) is 0 Å². The minimum absolute atomic E-state index is 0.435. The molecule has 0 aromatic carbocycles. The largest absolute Gasteiger partial charge is 0.353 e. The maximum atomic E-state index is 4.37. The van der Waals surface area contributed by atoms with Crippen molar-refractivity contribution in [3.8, 4) is 0 Å². The van der Waals surface area contributed by atoms with Crippen LogP contribution in [0.2, 0.25) is 0 Å². The molecule has 1 unspecified atom stereocenters. The van der Waals surface area contributed by atoms with Crippen LogP contribution in [0.25, 0.3) is 0 Å². The van der Waals surface area contributed by atoms with Gasteiger partial charge in [0.2, 0.25) is 0 Å². The summed E-state index contributed by atoms with van der Waals surface area (Å²) in [5.41, 5.74) is 0.435. The number of hydrogen-bond acceptors (Lipinski definition) is 2. The van der Waals surface area contributed by atoms with Crippen LogP contribution in [-0.2, 0) is 6.42 Å². The summed E-state index contributed by atoms with van der Waals surface area (Å²) in [6, 6.07) is 4.89. The maximum absolute atomic E-state index is 4.37. The third kappa shape index (κ3) is 3.25. The Morgan fingerprint density at radius 2 is 2.33 bits per heavy atom. The van der Waals surface area contributed by atoms with E-state index < -0.39 is 0 Å². The van der Waals surface area contributed by atoms with Gasteiger partial charge in [-0.1, -0.05) is 19.9 Å². The number of nitrogens with one attached hydrogen (secondary N) is 1. The van der Waals surface area contributed by atoms with Gasteiger partial charge in [0.25, 0.3) is 0 Å². The third-order valence-electron chi connectivity index (χ3n) is 3.66. The Balaban J connectivity index is 1.81. The number of likely N-dealkylation sites (N-methyl/N-ethyl adjacent to an activating group) is 1. The molecule has 0 bridgehead atoms. The first-order valence-electron chi connectivity index (χ1n) is 6.50. The molecule has 100 valence electrons. The van der Waals surface area contributed by atoms with Gasteiger partial charge in [-0.3, -0.25) is 4.99 Å². The smallest absolute Gasteiger partial charge is 0.193 e. The molecule has 4 heteroatoms. The van der Waals surface area contributed by atoms with E-state index >= 15 is 0 Å². The lowest BCUT2D eigenvalue weighted by molar-refractivity contribution is 0.476. The zero-order valence-corrected chi connectivity index (χ0v) is 12.5. The molecule has 0 spiro atoms. The summed E-state index contributed by atoms with van der Waals surface area (Å²) < 4.78 is 0. The number of guanidine groups is 1. The van der Waals surface area contributed by atoms with E-state index in [0.717, 1.165) is 18.9 Å². The van der Waals surface area contributed by atoms with Gasteiger partial charge in [-0.25, -0.2) is 0 Å². The van der Waals surface area contributed by atoms with Crippen LogP contribution in [0.15, 0.2) is 22.5 Å². The van der Waals surface area contributed by atoms with E-state index in [2.05, 4.69) is 53.6 Å². The molecule has 1 aliphatic carbocycles. The molecule has 1 aromatic heterocycles. The summed E-state index contributed by atoms with van der Waals surface area (Å²) in [5.74, 6) is 1.02. The van der Waals surface area contributed by atoms with Crippen LogP contribution in [0.1, 0.15) is 25.1 Å². The summed E-state index contributed by atoms with van der Waals surface area (Å²) in [6.45, 7) is 5.60. The Morgan fingerprint density at radius 3 is 2.83 bits per heavy atom. The van der Waals surface area contributed by atoms with Gasteiger partial charge in [0.15, 0.2) is 5.96 Å². The molecule has 1 N–H and O–H groups in total. The zero-order chi connectivity index (χ0) is 13.2. The van der Waals surface area contributed by atoms with Crippen molar-refractivity contribution < 1.29 is 0 Å². The van der Waals surface area contributed by atoms with Gasteiger partial charge in [-0.2, -0.15) is 0 Å². The van der Waals surface area contributed by atoms with Crippen molar-refractivity contribution in [1.82, 2.24) is 10.2 Å². The predicted octanol–water partition coefficient (Wildman–Crippen LogP) is 2.60. The minimum atomic E-state index is 0.435. The number of rotatable bonds is 4. The summed E-state index contributed by atoms with van der Waals surface area (Å²) in [5, 5.41) is 5.67. The Kier molecular flexibility index (Phi) is 3.95. The normalized spacial score (nSPS) is 21.8. The zero-order valence-electron chi connectivity index (χ0n) is 11.7. The van der Waals surface area contributed by atoms with Crippen molar-refractivity contribution in [3.63, 3.8) is 0 Å². The van der Waals surface area contributed by atoms with Gasteiger partial charge in [0.1, 0.15) is 0 Å². The number of aliphatic imine (C=N–C) groups is 1. The van der Waals surface area contributed by atoms with Crippen molar-refractivity contribution in [2.24, 2.45) is 10.4 Å². The summed E-state index contributed by atoms with van der Waals surface area (Å²) >= 11 is 1.82. The summed E-state index contributed by atoms with van der Waals surface area (Å²) in [6.07, 6.45) is 2.33. The fourth-order valence-corrected chi connectivity index (χ4v) is 2.75. The number of nitrogens with zero attached hydrogens (tertiary/aromatic N) is 2. The molecule has 1 aromatic rings. The van der Waals surface area contributed by atoms with E-state index in [0.29, 0.717) is 11.5 Å². The molecule has 1 atom stereocenters. The molecule has 0 amide bonds. The second-order valence-electron chi connectivity index (χ2n) is 5.69. The fourth-order valence-electron chi connectivity index (χ4n) is 2.05. The van der Waals surface area contributed by atoms with E-state index in [1.165, 1.54) is 11.3 Å². The van der Waals surface area contributed by atoms with Gasteiger partial charge in [0.05, 0.1) is 0 Å². The molecule has 2 rings (SSSR count). The SMILES string of the molecule is CN=C(NC1CC1(C)C)N(C)CCc1cccs1. The standard InChI is InChI=1S/C14H23N3S/c1-14(2)10-12(14)16-13(15-3)17(4)8-7-11-6-5-9-18-11/h5-6,9,12H,7-8,10H2,1-4H3,(H,15,16). The molecule has 1 fully saturated rings. The van der Waals surface area contributed by atoms with E-state index in [1.54, 1.807) is 0 Å². The highest BCUT2D eigenvalue weighted by atomic mass is 32.1. The van der Waals surface area contributed by atoms with Crippen molar-refractivity contribution in [2.75, 3.05) is 20.6 Å². The lowest BCUT2D eigenvalue weighted by atomic mass is 10.2. The van der Waals surface area contributed by atoms with Crippen LogP contribution in [0.4, 0.5) is 0 Å². The molecule has 0 saturated heterocycles. The topological polar surface area (TPSA) is 27.6 Å². The Labute approximate surface area is 114 Å². The monoisotopic (exact) mass is 265 g/mol. The van der Waals surface area contributed by atoms with Crippen molar-refractivity contribution >= 4 is 17.3 Å². The molecular weight excluding hydrogens is 242 g/mol. The van der Waals surface area contributed by atoms with Gasteiger partial charge in [-0.15, -0.1) is 11.3 Å². The molecule has 0 radical (unpaired) electrons. The highest BCUT2D eigenvalue weighted by Crippen LogP contribution is 2.44. The predicted molar refractivity (Wildman–Crippen MR) is 79.3 cm³/mol. The molecule has 1 aliphatic rings. The Hall–Kier alpha value is -1.03. The summed E-state index contributed by atoms with van der Waals surface area (Å²) in [4.78, 5) is 8.02. The molecule has 1 saturated carbocycles. The second-order valence-corrected chi connectivity index (χ2v) is 6.72. The van der Waals surface area contributed by atoms with Crippen LogP contribution in [0.3, 0.4) is 0 Å². The van der Waals surface area contributed by atoms with Crippen LogP contribution in [0.5, 0.6) is 0 Å². The molecule has 1 heterocycles. The van der Waals surface area contributed by atoms with Crippen LogP contribution in [-0.4, -0.2) is 37.5 Å².